The SMILES string of the molecule is CN(C)C1(CNC(=O)N2CCOCC2)CCC1. The van der Waals surface area contributed by atoms with Gasteiger partial charge in [0.1, 0.15) is 0 Å². The number of ether oxygens (including phenoxy) is 1. The van der Waals surface area contributed by atoms with Gasteiger partial charge in [0.25, 0.3) is 0 Å². The summed E-state index contributed by atoms with van der Waals surface area (Å²) in [5.41, 5.74) is 0.196. The van der Waals surface area contributed by atoms with Gasteiger partial charge in [0.05, 0.1) is 13.2 Å². The number of likely N-dealkylation sites (N-methyl/N-ethyl adjacent to an activating group) is 1. The molecule has 1 N–H and O–H groups in total. The molecule has 0 aromatic carbocycles. The zero-order valence-corrected chi connectivity index (χ0v) is 10.9. The predicted octanol–water partition coefficient (Wildman–Crippen LogP) is 0.512. The number of rotatable bonds is 3. The van der Waals surface area contributed by atoms with Gasteiger partial charge in [0.2, 0.25) is 0 Å². The first-order chi connectivity index (χ1) is 8.14. The zero-order valence-electron chi connectivity index (χ0n) is 10.9. The third kappa shape index (κ3) is 2.72. The van der Waals surface area contributed by atoms with E-state index in [1.54, 1.807) is 0 Å². The molecule has 17 heavy (non-hydrogen) atoms. The van der Waals surface area contributed by atoms with Gasteiger partial charge < -0.3 is 19.9 Å². The number of morpholine rings is 1. The van der Waals surface area contributed by atoms with Crippen LogP contribution in [-0.4, -0.2) is 68.3 Å². The summed E-state index contributed by atoms with van der Waals surface area (Å²) in [5, 5.41) is 3.07. The summed E-state index contributed by atoms with van der Waals surface area (Å²) in [6, 6.07) is 0.0569. The summed E-state index contributed by atoms with van der Waals surface area (Å²) in [5.74, 6) is 0. The standard InChI is InChI=1S/C12H23N3O2/c1-14(2)12(4-3-5-12)10-13-11(16)15-6-8-17-9-7-15/h3-10H2,1-2H3,(H,13,16). The molecule has 0 spiro atoms. The molecular weight excluding hydrogens is 218 g/mol. The van der Waals surface area contributed by atoms with E-state index in [0.717, 1.165) is 6.54 Å². The van der Waals surface area contributed by atoms with E-state index in [1.807, 2.05) is 4.90 Å². The van der Waals surface area contributed by atoms with Crippen LogP contribution in [0.15, 0.2) is 0 Å². The van der Waals surface area contributed by atoms with Crippen LogP contribution < -0.4 is 5.32 Å². The number of carbonyl (C=O) groups is 1. The summed E-state index contributed by atoms with van der Waals surface area (Å²) in [7, 11) is 4.19. The first-order valence-electron chi connectivity index (χ1n) is 6.42. The minimum Gasteiger partial charge on any atom is -0.378 e. The molecule has 2 rings (SSSR count). The summed E-state index contributed by atoms with van der Waals surface area (Å²) >= 11 is 0. The fourth-order valence-corrected chi connectivity index (χ4v) is 2.49. The number of amides is 2. The van der Waals surface area contributed by atoms with Crippen LogP contribution in [-0.2, 0) is 4.74 Å². The maximum atomic E-state index is 11.9. The smallest absolute Gasteiger partial charge is 0.317 e. The first-order valence-corrected chi connectivity index (χ1v) is 6.42. The Morgan fingerprint density at radius 1 is 1.35 bits per heavy atom. The second kappa shape index (κ2) is 5.23. The third-order valence-electron chi connectivity index (χ3n) is 4.10. The van der Waals surface area contributed by atoms with Crippen molar-refractivity contribution in [3.63, 3.8) is 0 Å². The highest BCUT2D eigenvalue weighted by Gasteiger charge is 2.39. The van der Waals surface area contributed by atoms with Gasteiger partial charge >= 0.3 is 6.03 Å². The van der Waals surface area contributed by atoms with Crippen molar-refractivity contribution in [2.75, 3.05) is 46.9 Å². The second-order valence-corrected chi connectivity index (χ2v) is 5.23. The summed E-state index contributed by atoms with van der Waals surface area (Å²) in [6.45, 7) is 3.50. The summed E-state index contributed by atoms with van der Waals surface area (Å²) < 4.78 is 5.24. The highest BCUT2D eigenvalue weighted by molar-refractivity contribution is 5.74. The molecule has 5 nitrogen and oxygen atoms in total. The molecule has 1 saturated heterocycles. The molecule has 0 radical (unpaired) electrons. The Hall–Kier alpha value is -0.810. The number of hydrogen-bond acceptors (Lipinski definition) is 3. The minimum atomic E-state index is 0.0569. The molecule has 0 bridgehead atoms. The number of nitrogens with zero attached hydrogens (tertiary/aromatic N) is 2. The molecular formula is C12H23N3O2. The van der Waals surface area contributed by atoms with Gasteiger partial charge in [-0.25, -0.2) is 4.79 Å². The van der Waals surface area contributed by atoms with Crippen molar-refractivity contribution in [1.29, 1.82) is 0 Å². The molecule has 1 saturated carbocycles. The molecule has 2 aliphatic rings. The van der Waals surface area contributed by atoms with Gasteiger partial charge in [-0.2, -0.15) is 0 Å². The minimum absolute atomic E-state index is 0.0569. The van der Waals surface area contributed by atoms with Gasteiger partial charge in [-0.1, -0.05) is 0 Å². The Bertz CT molecular complexity index is 271. The van der Waals surface area contributed by atoms with Gasteiger partial charge in [-0.3, -0.25) is 0 Å². The Morgan fingerprint density at radius 3 is 2.47 bits per heavy atom. The lowest BCUT2D eigenvalue weighted by molar-refractivity contribution is 0.0438. The number of carbonyl (C=O) groups excluding carboxylic acids is 1. The van der Waals surface area contributed by atoms with E-state index in [0.29, 0.717) is 26.3 Å². The average molecular weight is 241 g/mol. The van der Waals surface area contributed by atoms with Crippen LogP contribution >= 0.6 is 0 Å². The van der Waals surface area contributed by atoms with E-state index in [-0.39, 0.29) is 11.6 Å². The fourth-order valence-electron chi connectivity index (χ4n) is 2.49. The fraction of sp³-hybridized carbons (Fsp3) is 0.917. The van der Waals surface area contributed by atoms with E-state index in [4.69, 9.17) is 4.74 Å². The molecule has 5 heteroatoms. The summed E-state index contributed by atoms with van der Waals surface area (Å²) in [4.78, 5) is 16.0. The van der Waals surface area contributed by atoms with Gasteiger partial charge in [-0.15, -0.1) is 0 Å². The Kier molecular flexibility index (Phi) is 3.89. The Labute approximate surface area is 103 Å². The van der Waals surface area contributed by atoms with Crippen molar-refractivity contribution in [1.82, 2.24) is 15.1 Å². The van der Waals surface area contributed by atoms with Crippen molar-refractivity contribution >= 4 is 6.03 Å². The molecule has 1 aliphatic carbocycles. The van der Waals surface area contributed by atoms with Crippen LogP contribution in [0.3, 0.4) is 0 Å². The van der Waals surface area contributed by atoms with E-state index in [1.165, 1.54) is 19.3 Å². The average Bonchev–Trinajstić information content (AvgIpc) is 2.28. The molecule has 1 heterocycles. The molecule has 0 unspecified atom stereocenters. The third-order valence-corrected chi connectivity index (χ3v) is 4.10. The largest absolute Gasteiger partial charge is 0.378 e. The molecule has 0 aromatic rings. The maximum Gasteiger partial charge on any atom is 0.317 e. The molecule has 2 amide bonds. The van der Waals surface area contributed by atoms with E-state index in [2.05, 4.69) is 24.3 Å². The zero-order chi connectivity index (χ0) is 12.3. The first kappa shape index (κ1) is 12.6. The lowest BCUT2D eigenvalue weighted by Crippen LogP contribution is -2.59. The quantitative estimate of drug-likeness (QED) is 0.783. The van der Waals surface area contributed by atoms with Gasteiger partial charge in [0, 0.05) is 25.2 Å². The van der Waals surface area contributed by atoms with E-state index < -0.39 is 0 Å². The monoisotopic (exact) mass is 241 g/mol. The van der Waals surface area contributed by atoms with Gasteiger partial charge in [-0.05, 0) is 33.4 Å². The normalized spacial score (nSPS) is 23.4. The molecule has 98 valence electrons. The Morgan fingerprint density at radius 2 is 2.00 bits per heavy atom. The topological polar surface area (TPSA) is 44.8 Å². The van der Waals surface area contributed by atoms with Crippen molar-refractivity contribution in [2.45, 2.75) is 24.8 Å². The molecule has 0 atom stereocenters. The second-order valence-electron chi connectivity index (χ2n) is 5.23. The van der Waals surface area contributed by atoms with Crippen LogP contribution in [0.4, 0.5) is 4.79 Å². The van der Waals surface area contributed by atoms with Crippen LogP contribution in [0.2, 0.25) is 0 Å². The van der Waals surface area contributed by atoms with Crippen LogP contribution in [0.5, 0.6) is 0 Å². The lowest BCUT2D eigenvalue weighted by Gasteiger charge is -2.47. The van der Waals surface area contributed by atoms with Crippen molar-refractivity contribution in [3.8, 4) is 0 Å². The van der Waals surface area contributed by atoms with Crippen LogP contribution in [0.25, 0.3) is 0 Å². The predicted molar refractivity (Wildman–Crippen MR) is 66.1 cm³/mol. The van der Waals surface area contributed by atoms with Gasteiger partial charge in [0.15, 0.2) is 0 Å². The number of nitrogens with one attached hydrogen (secondary N) is 1. The van der Waals surface area contributed by atoms with Crippen molar-refractivity contribution in [2.24, 2.45) is 0 Å². The van der Waals surface area contributed by atoms with Crippen LogP contribution in [0.1, 0.15) is 19.3 Å². The lowest BCUT2D eigenvalue weighted by atomic mass is 9.75. The summed E-state index contributed by atoms with van der Waals surface area (Å²) in [6.07, 6.45) is 3.64. The van der Waals surface area contributed by atoms with Crippen LogP contribution in [0, 0.1) is 0 Å². The maximum absolute atomic E-state index is 11.9. The molecule has 2 fully saturated rings. The highest BCUT2D eigenvalue weighted by atomic mass is 16.5. The number of hydrogen-bond donors (Lipinski definition) is 1. The molecule has 0 aromatic heterocycles. The van der Waals surface area contributed by atoms with E-state index >= 15 is 0 Å². The molecule has 1 aliphatic heterocycles. The van der Waals surface area contributed by atoms with Crippen molar-refractivity contribution < 1.29 is 9.53 Å². The van der Waals surface area contributed by atoms with E-state index in [9.17, 15) is 4.79 Å². The van der Waals surface area contributed by atoms with Crippen molar-refractivity contribution in [3.05, 3.63) is 0 Å². The number of urea groups is 1. The Balaban J connectivity index is 1.78. The highest BCUT2D eigenvalue weighted by Crippen LogP contribution is 2.35.